The minimum absolute atomic E-state index is 0.640. The number of benzene rings is 2. The van der Waals surface area contributed by atoms with Crippen molar-refractivity contribution in [3.05, 3.63) is 70.8 Å². The summed E-state index contributed by atoms with van der Waals surface area (Å²) in [6.45, 7) is 3.95. The SMILES string of the molecule is CC#CCC#Cc1ccc(Cc2ccc(C)cc2)cc1. The van der Waals surface area contributed by atoms with Crippen LogP contribution >= 0.6 is 0 Å². The van der Waals surface area contributed by atoms with Gasteiger partial charge in [-0.2, -0.15) is 0 Å². The van der Waals surface area contributed by atoms with Crippen LogP contribution < -0.4 is 0 Å². The monoisotopic (exact) mass is 258 g/mol. The zero-order valence-electron chi connectivity index (χ0n) is 12.0. The average molecular weight is 258 g/mol. The fourth-order valence-electron chi connectivity index (χ4n) is 1.93. The largest absolute Gasteiger partial charge is 0.106 e. The Morgan fingerprint density at radius 3 is 2.00 bits per heavy atom. The first-order chi connectivity index (χ1) is 9.78. The lowest BCUT2D eigenvalue weighted by Crippen LogP contribution is -1.88. The van der Waals surface area contributed by atoms with E-state index in [0.717, 1.165) is 12.0 Å². The zero-order valence-corrected chi connectivity index (χ0v) is 12.0. The van der Waals surface area contributed by atoms with E-state index in [0.29, 0.717) is 6.42 Å². The number of rotatable bonds is 2. The number of aryl methyl sites for hydroxylation is 1. The molecule has 0 aliphatic rings. The van der Waals surface area contributed by atoms with Crippen LogP contribution in [0.4, 0.5) is 0 Å². The lowest BCUT2D eigenvalue weighted by molar-refractivity contribution is 1.18. The van der Waals surface area contributed by atoms with E-state index in [1.54, 1.807) is 0 Å². The molecule has 0 spiro atoms. The molecule has 20 heavy (non-hydrogen) atoms. The molecule has 0 nitrogen and oxygen atoms in total. The Kier molecular flexibility index (Phi) is 5.05. The predicted molar refractivity (Wildman–Crippen MR) is 85.4 cm³/mol. The van der Waals surface area contributed by atoms with Crippen molar-refractivity contribution in [3.8, 4) is 23.7 Å². The molecule has 0 heteroatoms. The zero-order chi connectivity index (χ0) is 14.2. The summed E-state index contributed by atoms with van der Waals surface area (Å²) in [4.78, 5) is 0. The first-order valence-electron chi connectivity index (χ1n) is 6.81. The average Bonchev–Trinajstić information content (AvgIpc) is 2.48. The van der Waals surface area contributed by atoms with Crippen molar-refractivity contribution in [1.29, 1.82) is 0 Å². The molecule has 0 aliphatic carbocycles. The maximum absolute atomic E-state index is 3.13. The fourth-order valence-corrected chi connectivity index (χ4v) is 1.93. The Bertz CT molecular complexity index is 665. The first kappa shape index (κ1) is 14.0. The maximum atomic E-state index is 3.13. The van der Waals surface area contributed by atoms with E-state index in [1.807, 2.05) is 6.92 Å². The highest BCUT2D eigenvalue weighted by Crippen LogP contribution is 2.11. The number of hydrogen-bond donors (Lipinski definition) is 0. The summed E-state index contributed by atoms with van der Waals surface area (Å²) in [6.07, 6.45) is 1.61. The molecule has 0 amide bonds. The lowest BCUT2D eigenvalue weighted by Gasteiger charge is -2.02. The summed E-state index contributed by atoms with van der Waals surface area (Å²) in [6, 6.07) is 17.1. The van der Waals surface area contributed by atoms with E-state index < -0.39 is 0 Å². The normalized spacial score (nSPS) is 9.10. The summed E-state index contributed by atoms with van der Waals surface area (Å²) in [7, 11) is 0. The van der Waals surface area contributed by atoms with Crippen molar-refractivity contribution in [2.45, 2.75) is 26.7 Å². The van der Waals surface area contributed by atoms with E-state index in [9.17, 15) is 0 Å². The Hall–Kier alpha value is -2.44. The first-order valence-corrected chi connectivity index (χ1v) is 6.81. The van der Waals surface area contributed by atoms with Crippen LogP contribution in [0.5, 0.6) is 0 Å². The highest BCUT2D eigenvalue weighted by Gasteiger charge is 1.96. The lowest BCUT2D eigenvalue weighted by atomic mass is 10.0. The molecule has 0 heterocycles. The molecule has 0 atom stereocenters. The quantitative estimate of drug-likeness (QED) is 0.702. The van der Waals surface area contributed by atoms with Gasteiger partial charge in [0.05, 0.1) is 6.42 Å². The van der Waals surface area contributed by atoms with Gasteiger partial charge in [0.25, 0.3) is 0 Å². The molecular formula is C20H18. The smallest absolute Gasteiger partial charge is 0.0706 e. The Morgan fingerprint density at radius 2 is 1.40 bits per heavy atom. The van der Waals surface area contributed by atoms with Crippen LogP contribution in [0.15, 0.2) is 48.5 Å². The van der Waals surface area contributed by atoms with Crippen LogP contribution in [-0.2, 0) is 6.42 Å². The summed E-state index contributed by atoms with van der Waals surface area (Å²) >= 11 is 0. The third kappa shape index (κ3) is 4.34. The molecule has 0 radical (unpaired) electrons. The third-order valence-corrected chi connectivity index (χ3v) is 3.07. The standard InChI is InChI=1S/C20H18/c1-3-4-5-6-7-18-12-14-20(15-13-18)16-19-10-8-17(2)9-11-19/h8-15H,5,16H2,1-2H3. The van der Waals surface area contributed by atoms with Gasteiger partial charge in [-0.25, -0.2) is 0 Å². The highest BCUT2D eigenvalue weighted by atomic mass is 14.0. The van der Waals surface area contributed by atoms with Crippen molar-refractivity contribution < 1.29 is 0 Å². The van der Waals surface area contributed by atoms with E-state index in [1.165, 1.54) is 16.7 Å². The molecule has 0 aliphatic heterocycles. The van der Waals surface area contributed by atoms with Crippen LogP contribution in [-0.4, -0.2) is 0 Å². The molecule has 2 aromatic rings. The van der Waals surface area contributed by atoms with Gasteiger partial charge in [-0.05, 0) is 43.5 Å². The second kappa shape index (κ2) is 7.22. The van der Waals surface area contributed by atoms with Gasteiger partial charge in [0.1, 0.15) is 0 Å². The molecule has 2 aromatic carbocycles. The molecule has 0 N–H and O–H groups in total. The van der Waals surface area contributed by atoms with E-state index in [2.05, 4.69) is 79.1 Å². The Morgan fingerprint density at radius 1 is 0.800 bits per heavy atom. The minimum Gasteiger partial charge on any atom is -0.106 e. The Balaban J connectivity index is 2.01. The maximum Gasteiger partial charge on any atom is 0.0706 e. The van der Waals surface area contributed by atoms with Crippen LogP contribution in [0.25, 0.3) is 0 Å². The van der Waals surface area contributed by atoms with Gasteiger partial charge in [0.15, 0.2) is 0 Å². The molecule has 0 fully saturated rings. The molecule has 0 saturated heterocycles. The van der Waals surface area contributed by atoms with E-state index in [-0.39, 0.29) is 0 Å². The molecule has 2 rings (SSSR count). The second-order valence-electron chi connectivity index (χ2n) is 4.76. The van der Waals surface area contributed by atoms with Gasteiger partial charge in [-0.1, -0.05) is 59.7 Å². The van der Waals surface area contributed by atoms with Crippen molar-refractivity contribution in [1.82, 2.24) is 0 Å². The molecule has 0 aromatic heterocycles. The Labute approximate surface area is 121 Å². The predicted octanol–water partition coefficient (Wildman–Crippen LogP) is 4.35. The van der Waals surface area contributed by atoms with Crippen molar-refractivity contribution in [2.75, 3.05) is 0 Å². The van der Waals surface area contributed by atoms with Crippen molar-refractivity contribution in [2.24, 2.45) is 0 Å². The molecule has 0 unspecified atom stereocenters. The third-order valence-electron chi connectivity index (χ3n) is 3.07. The minimum atomic E-state index is 0.640. The summed E-state index contributed by atoms with van der Waals surface area (Å²) in [5.41, 5.74) is 5.01. The van der Waals surface area contributed by atoms with E-state index in [4.69, 9.17) is 0 Å². The summed E-state index contributed by atoms with van der Waals surface area (Å²) in [5, 5.41) is 0. The van der Waals surface area contributed by atoms with Crippen LogP contribution in [0.2, 0.25) is 0 Å². The van der Waals surface area contributed by atoms with Gasteiger partial charge < -0.3 is 0 Å². The van der Waals surface area contributed by atoms with Crippen molar-refractivity contribution in [3.63, 3.8) is 0 Å². The van der Waals surface area contributed by atoms with Gasteiger partial charge >= 0.3 is 0 Å². The fraction of sp³-hybridized carbons (Fsp3) is 0.200. The van der Waals surface area contributed by atoms with Gasteiger partial charge in [0, 0.05) is 5.56 Å². The molecular weight excluding hydrogens is 240 g/mol. The van der Waals surface area contributed by atoms with Gasteiger partial charge in [-0.3, -0.25) is 0 Å². The van der Waals surface area contributed by atoms with Crippen LogP contribution in [0.1, 0.15) is 35.6 Å². The summed E-state index contributed by atoms with van der Waals surface area (Å²) < 4.78 is 0. The van der Waals surface area contributed by atoms with Crippen LogP contribution in [0, 0.1) is 30.6 Å². The molecule has 0 saturated carbocycles. The molecule has 98 valence electrons. The molecule has 0 bridgehead atoms. The van der Waals surface area contributed by atoms with Gasteiger partial charge in [0.2, 0.25) is 0 Å². The van der Waals surface area contributed by atoms with E-state index >= 15 is 0 Å². The topological polar surface area (TPSA) is 0 Å². The summed E-state index contributed by atoms with van der Waals surface area (Å²) in [5.74, 6) is 12.0. The second-order valence-corrected chi connectivity index (χ2v) is 4.76. The van der Waals surface area contributed by atoms with Crippen LogP contribution in [0.3, 0.4) is 0 Å². The highest BCUT2D eigenvalue weighted by molar-refractivity contribution is 5.38. The van der Waals surface area contributed by atoms with Gasteiger partial charge in [-0.15, -0.1) is 5.92 Å². The van der Waals surface area contributed by atoms with Crippen molar-refractivity contribution >= 4 is 0 Å². The number of hydrogen-bond acceptors (Lipinski definition) is 0.